The van der Waals surface area contributed by atoms with Gasteiger partial charge in [0.2, 0.25) is 5.91 Å². The largest absolute Gasteiger partial charge is 0.339 e. The Hall–Kier alpha value is -1.40. The van der Waals surface area contributed by atoms with E-state index in [0.29, 0.717) is 10.9 Å². The van der Waals surface area contributed by atoms with Crippen LogP contribution in [-0.2, 0) is 20.0 Å². The van der Waals surface area contributed by atoms with Gasteiger partial charge in [0.25, 0.3) is 0 Å². The van der Waals surface area contributed by atoms with Gasteiger partial charge in [-0.15, -0.1) is 0 Å². The average Bonchev–Trinajstić information content (AvgIpc) is 3.01. The van der Waals surface area contributed by atoms with Crippen LogP contribution in [0.3, 0.4) is 0 Å². The number of piperazine rings is 1. The molecular weight excluding hydrogens is 336 g/mol. The molecule has 1 aromatic rings. The molecule has 0 N–H and O–H groups in total. The van der Waals surface area contributed by atoms with Gasteiger partial charge in [-0.25, -0.2) is 8.42 Å². The number of sulfone groups is 1. The highest BCUT2D eigenvalue weighted by atomic mass is 32.2. The summed E-state index contributed by atoms with van der Waals surface area (Å²) in [5.74, 6) is 0.248. The molecule has 6 heteroatoms. The molecule has 1 unspecified atom stereocenters. The summed E-state index contributed by atoms with van der Waals surface area (Å²) < 4.78 is 23.4. The predicted octanol–water partition coefficient (Wildman–Crippen LogP) is 1.82. The van der Waals surface area contributed by atoms with Crippen molar-refractivity contribution in [2.75, 3.05) is 32.4 Å². The molecule has 1 atom stereocenters. The summed E-state index contributed by atoms with van der Waals surface area (Å²) in [7, 11) is -3.21. The van der Waals surface area contributed by atoms with E-state index in [4.69, 9.17) is 0 Å². The first-order valence-electron chi connectivity index (χ1n) is 9.24. The molecule has 0 bridgehead atoms. The molecule has 25 heavy (non-hydrogen) atoms. The third kappa shape index (κ3) is 2.89. The molecule has 0 radical (unpaired) electrons. The number of rotatable bonds is 3. The van der Waals surface area contributed by atoms with Crippen molar-refractivity contribution in [3.05, 3.63) is 29.8 Å². The minimum absolute atomic E-state index is 0.248. The lowest BCUT2D eigenvalue weighted by Crippen LogP contribution is -2.58. The Labute approximate surface area is 149 Å². The van der Waals surface area contributed by atoms with Gasteiger partial charge >= 0.3 is 0 Å². The highest BCUT2D eigenvalue weighted by molar-refractivity contribution is 7.90. The number of amides is 1. The molecule has 0 aromatic heterocycles. The monoisotopic (exact) mass is 362 g/mol. The molecule has 1 saturated carbocycles. The quantitative estimate of drug-likeness (QED) is 0.823. The first kappa shape index (κ1) is 17.0. The minimum atomic E-state index is -3.21. The normalized spacial score (nSPS) is 26.1. The Morgan fingerprint density at radius 3 is 2.40 bits per heavy atom. The van der Waals surface area contributed by atoms with Crippen LogP contribution < -0.4 is 0 Å². The summed E-state index contributed by atoms with van der Waals surface area (Å²) in [6, 6.07) is 7.51. The summed E-state index contributed by atoms with van der Waals surface area (Å²) in [4.78, 5) is 18.3. The highest BCUT2D eigenvalue weighted by Gasteiger charge is 2.49. The van der Waals surface area contributed by atoms with E-state index in [2.05, 4.69) is 9.80 Å². The Kier molecular flexibility index (Phi) is 4.15. The van der Waals surface area contributed by atoms with Gasteiger partial charge in [-0.3, -0.25) is 9.69 Å². The van der Waals surface area contributed by atoms with Crippen molar-refractivity contribution in [3.8, 4) is 0 Å². The number of carbonyl (C=O) groups excluding carboxylic acids is 1. The summed E-state index contributed by atoms with van der Waals surface area (Å²) in [6.45, 7) is 3.82. The van der Waals surface area contributed by atoms with Gasteiger partial charge < -0.3 is 4.90 Å². The van der Waals surface area contributed by atoms with Crippen molar-refractivity contribution in [3.63, 3.8) is 0 Å². The van der Waals surface area contributed by atoms with Crippen LogP contribution in [-0.4, -0.2) is 62.6 Å². The molecule has 2 saturated heterocycles. The summed E-state index contributed by atoms with van der Waals surface area (Å²) in [6.07, 6.45) is 6.45. The minimum Gasteiger partial charge on any atom is -0.339 e. The smallest absolute Gasteiger partial charge is 0.233 e. The van der Waals surface area contributed by atoms with Crippen molar-refractivity contribution in [1.82, 2.24) is 9.80 Å². The molecule has 2 aliphatic heterocycles. The van der Waals surface area contributed by atoms with Gasteiger partial charge in [-0.1, -0.05) is 18.6 Å². The number of carbonyl (C=O) groups is 1. The van der Waals surface area contributed by atoms with Crippen LogP contribution in [0.2, 0.25) is 0 Å². The van der Waals surface area contributed by atoms with E-state index < -0.39 is 15.3 Å². The SMILES string of the molecule is CS(=O)(=O)c1ccc(C2(C(=O)N3CCN4CCCC4C3)CCC2)cc1. The molecular formula is C19H26N2O3S. The Morgan fingerprint density at radius 1 is 1.08 bits per heavy atom. The maximum absolute atomic E-state index is 13.4. The zero-order chi connectivity index (χ0) is 17.7. The van der Waals surface area contributed by atoms with Gasteiger partial charge in [0.15, 0.2) is 9.84 Å². The fraction of sp³-hybridized carbons (Fsp3) is 0.632. The second-order valence-electron chi connectivity index (χ2n) is 7.82. The highest BCUT2D eigenvalue weighted by Crippen LogP contribution is 2.45. The van der Waals surface area contributed by atoms with Gasteiger partial charge in [0.05, 0.1) is 10.3 Å². The Morgan fingerprint density at radius 2 is 1.80 bits per heavy atom. The van der Waals surface area contributed by atoms with Gasteiger partial charge in [0.1, 0.15) is 0 Å². The lowest BCUT2D eigenvalue weighted by Gasteiger charge is -2.47. The molecule has 0 spiro atoms. The van der Waals surface area contributed by atoms with E-state index in [9.17, 15) is 13.2 Å². The van der Waals surface area contributed by atoms with Crippen LogP contribution in [0.1, 0.15) is 37.7 Å². The first-order valence-corrected chi connectivity index (χ1v) is 11.1. The van der Waals surface area contributed by atoms with Crippen LogP contribution in [0, 0.1) is 0 Å². The maximum Gasteiger partial charge on any atom is 0.233 e. The van der Waals surface area contributed by atoms with Crippen LogP contribution in [0.4, 0.5) is 0 Å². The summed E-state index contributed by atoms with van der Waals surface area (Å²) in [5, 5.41) is 0. The van der Waals surface area contributed by atoms with Gasteiger partial charge in [-0.05, 0) is 49.9 Å². The Bertz CT molecular complexity index is 768. The molecule has 2 heterocycles. The molecule has 4 rings (SSSR count). The van der Waals surface area contributed by atoms with Crippen LogP contribution >= 0.6 is 0 Å². The standard InChI is InChI=1S/C19H26N2O3S/c1-25(23,24)17-7-5-15(6-8-17)19(9-3-10-19)18(22)21-13-12-20-11-2-4-16(20)14-21/h5-8,16H,2-4,9-14H2,1H3. The van der Waals surface area contributed by atoms with E-state index in [0.717, 1.165) is 44.5 Å². The zero-order valence-corrected chi connectivity index (χ0v) is 15.6. The van der Waals surface area contributed by atoms with Crippen LogP contribution in [0.15, 0.2) is 29.2 Å². The van der Waals surface area contributed by atoms with E-state index in [1.807, 2.05) is 12.1 Å². The van der Waals surface area contributed by atoms with Crippen molar-refractivity contribution >= 4 is 15.7 Å². The Balaban J connectivity index is 1.57. The molecule has 136 valence electrons. The third-order valence-electron chi connectivity index (χ3n) is 6.33. The van der Waals surface area contributed by atoms with Crippen LogP contribution in [0.25, 0.3) is 0 Å². The fourth-order valence-corrected chi connectivity index (χ4v) is 5.29. The van der Waals surface area contributed by atoms with Crippen molar-refractivity contribution in [2.45, 2.75) is 48.5 Å². The molecule has 5 nitrogen and oxygen atoms in total. The summed E-state index contributed by atoms with van der Waals surface area (Å²) >= 11 is 0. The first-order chi connectivity index (χ1) is 11.9. The second kappa shape index (κ2) is 6.09. The third-order valence-corrected chi connectivity index (χ3v) is 7.45. The predicted molar refractivity (Wildman–Crippen MR) is 96.3 cm³/mol. The number of benzene rings is 1. The second-order valence-corrected chi connectivity index (χ2v) is 9.83. The number of hydrogen-bond donors (Lipinski definition) is 0. The summed E-state index contributed by atoms with van der Waals surface area (Å²) in [5.41, 5.74) is 0.543. The zero-order valence-electron chi connectivity index (χ0n) is 14.8. The van der Waals surface area contributed by atoms with Crippen molar-refractivity contribution < 1.29 is 13.2 Å². The fourth-order valence-electron chi connectivity index (χ4n) is 4.66. The van der Waals surface area contributed by atoms with Gasteiger partial charge in [0, 0.05) is 31.9 Å². The van der Waals surface area contributed by atoms with E-state index in [1.165, 1.54) is 25.6 Å². The van der Waals surface area contributed by atoms with Crippen molar-refractivity contribution in [2.24, 2.45) is 0 Å². The number of fused-ring (bicyclic) bond motifs is 1. The van der Waals surface area contributed by atoms with Crippen molar-refractivity contribution in [1.29, 1.82) is 0 Å². The molecule has 3 fully saturated rings. The maximum atomic E-state index is 13.4. The van der Waals surface area contributed by atoms with E-state index in [1.54, 1.807) is 12.1 Å². The molecule has 1 aromatic carbocycles. The number of nitrogens with zero attached hydrogens (tertiary/aromatic N) is 2. The van der Waals surface area contributed by atoms with E-state index in [-0.39, 0.29) is 5.91 Å². The molecule has 3 aliphatic rings. The molecule has 1 aliphatic carbocycles. The molecule has 1 amide bonds. The topological polar surface area (TPSA) is 57.7 Å². The average molecular weight is 362 g/mol. The lowest BCUT2D eigenvalue weighted by atomic mass is 9.63. The number of hydrogen-bond acceptors (Lipinski definition) is 4. The van der Waals surface area contributed by atoms with Gasteiger partial charge in [-0.2, -0.15) is 0 Å². The van der Waals surface area contributed by atoms with E-state index >= 15 is 0 Å². The van der Waals surface area contributed by atoms with Crippen LogP contribution in [0.5, 0.6) is 0 Å². The lowest BCUT2D eigenvalue weighted by molar-refractivity contribution is -0.143.